The number of carbonyl (C=O) groups is 1. The van der Waals surface area contributed by atoms with E-state index >= 15 is 0 Å². The molecule has 0 spiro atoms. The molecular formula is C15H20O2. The Labute approximate surface area is 103 Å². The first-order chi connectivity index (χ1) is 8.20. The summed E-state index contributed by atoms with van der Waals surface area (Å²) in [4.78, 5) is 12.0. The molecule has 2 atom stereocenters. The molecule has 2 rings (SSSR count). The van der Waals surface area contributed by atoms with Crippen LogP contribution in [0.25, 0.3) is 0 Å². The van der Waals surface area contributed by atoms with E-state index in [1.807, 2.05) is 31.2 Å². The smallest absolute Gasteiger partial charge is 0.140 e. The molecule has 17 heavy (non-hydrogen) atoms. The zero-order chi connectivity index (χ0) is 12.3. The minimum Gasteiger partial charge on any atom is -0.494 e. The van der Waals surface area contributed by atoms with Crippen LogP contribution in [0.2, 0.25) is 0 Å². The van der Waals surface area contributed by atoms with Crippen LogP contribution < -0.4 is 4.74 Å². The van der Waals surface area contributed by atoms with E-state index in [-0.39, 0.29) is 5.92 Å². The highest BCUT2D eigenvalue weighted by Gasteiger charge is 2.27. The van der Waals surface area contributed by atoms with Gasteiger partial charge in [-0.25, -0.2) is 0 Å². The summed E-state index contributed by atoms with van der Waals surface area (Å²) in [6, 6.07) is 7.99. The highest BCUT2D eigenvalue weighted by molar-refractivity contribution is 5.86. The molecule has 2 heteroatoms. The SMILES string of the molecule is CCOc1ccc(C2CCC(C)CC2=O)cc1. The summed E-state index contributed by atoms with van der Waals surface area (Å²) in [5.41, 5.74) is 1.14. The molecule has 1 aromatic carbocycles. The van der Waals surface area contributed by atoms with E-state index in [0.717, 1.165) is 30.6 Å². The van der Waals surface area contributed by atoms with Crippen LogP contribution in [-0.4, -0.2) is 12.4 Å². The van der Waals surface area contributed by atoms with Gasteiger partial charge < -0.3 is 4.74 Å². The molecule has 0 radical (unpaired) electrons. The minimum absolute atomic E-state index is 0.113. The average Bonchev–Trinajstić information content (AvgIpc) is 2.31. The van der Waals surface area contributed by atoms with Crippen LogP contribution in [-0.2, 0) is 4.79 Å². The van der Waals surface area contributed by atoms with Gasteiger partial charge in [0, 0.05) is 12.3 Å². The fraction of sp³-hybridized carbons (Fsp3) is 0.533. The lowest BCUT2D eigenvalue weighted by molar-refractivity contribution is -0.123. The quantitative estimate of drug-likeness (QED) is 0.796. The van der Waals surface area contributed by atoms with Crippen molar-refractivity contribution >= 4 is 5.78 Å². The largest absolute Gasteiger partial charge is 0.494 e. The maximum atomic E-state index is 12.0. The molecule has 0 saturated heterocycles. The van der Waals surface area contributed by atoms with Gasteiger partial charge in [-0.2, -0.15) is 0 Å². The summed E-state index contributed by atoms with van der Waals surface area (Å²) < 4.78 is 5.41. The van der Waals surface area contributed by atoms with Gasteiger partial charge in [-0.1, -0.05) is 19.1 Å². The van der Waals surface area contributed by atoms with Gasteiger partial charge in [0.1, 0.15) is 11.5 Å². The minimum atomic E-state index is 0.113. The van der Waals surface area contributed by atoms with E-state index in [1.165, 1.54) is 0 Å². The lowest BCUT2D eigenvalue weighted by Crippen LogP contribution is -2.21. The number of hydrogen-bond donors (Lipinski definition) is 0. The van der Waals surface area contributed by atoms with E-state index in [9.17, 15) is 4.79 Å². The lowest BCUT2D eigenvalue weighted by atomic mass is 9.78. The topological polar surface area (TPSA) is 26.3 Å². The molecule has 0 N–H and O–H groups in total. The van der Waals surface area contributed by atoms with Crippen molar-refractivity contribution in [2.45, 2.75) is 39.0 Å². The Morgan fingerprint density at radius 3 is 2.53 bits per heavy atom. The third-order valence-electron chi connectivity index (χ3n) is 3.48. The molecule has 1 fully saturated rings. The summed E-state index contributed by atoms with van der Waals surface area (Å²) in [6.45, 7) is 4.81. The zero-order valence-corrected chi connectivity index (χ0v) is 10.6. The van der Waals surface area contributed by atoms with E-state index in [0.29, 0.717) is 18.3 Å². The van der Waals surface area contributed by atoms with Crippen LogP contribution in [0.5, 0.6) is 5.75 Å². The Morgan fingerprint density at radius 2 is 1.94 bits per heavy atom. The van der Waals surface area contributed by atoms with E-state index < -0.39 is 0 Å². The van der Waals surface area contributed by atoms with Crippen LogP contribution in [0.3, 0.4) is 0 Å². The number of ketones is 1. The van der Waals surface area contributed by atoms with E-state index in [1.54, 1.807) is 0 Å². The van der Waals surface area contributed by atoms with E-state index in [2.05, 4.69) is 6.92 Å². The van der Waals surface area contributed by atoms with Crippen molar-refractivity contribution in [1.82, 2.24) is 0 Å². The number of benzene rings is 1. The lowest BCUT2D eigenvalue weighted by Gasteiger charge is -2.25. The second kappa shape index (κ2) is 5.35. The van der Waals surface area contributed by atoms with Gasteiger partial charge in [0.15, 0.2) is 0 Å². The Balaban J connectivity index is 2.09. The summed E-state index contributed by atoms with van der Waals surface area (Å²) in [5.74, 6) is 1.95. The molecule has 1 aliphatic rings. The molecule has 0 aromatic heterocycles. The van der Waals surface area contributed by atoms with Crippen molar-refractivity contribution in [3.8, 4) is 5.75 Å². The van der Waals surface area contributed by atoms with Gasteiger partial charge in [0.2, 0.25) is 0 Å². The van der Waals surface area contributed by atoms with Crippen molar-refractivity contribution < 1.29 is 9.53 Å². The Morgan fingerprint density at radius 1 is 1.24 bits per heavy atom. The maximum absolute atomic E-state index is 12.0. The van der Waals surface area contributed by atoms with Crippen molar-refractivity contribution in [2.24, 2.45) is 5.92 Å². The van der Waals surface area contributed by atoms with Gasteiger partial charge in [0.25, 0.3) is 0 Å². The van der Waals surface area contributed by atoms with Crippen molar-refractivity contribution in [3.05, 3.63) is 29.8 Å². The average molecular weight is 232 g/mol. The highest BCUT2D eigenvalue weighted by Crippen LogP contribution is 2.33. The van der Waals surface area contributed by atoms with Gasteiger partial charge in [-0.15, -0.1) is 0 Å². The molecular weight excluding hydrogens is 212 g/mol. The predicted octanol–water partition coefficient (Wildman–Crippen LogP) is 3.56. The number of hydrogen-bond acceptors (Lipinski definition) is 2. The maximum Gasteiger partial charge on any atom is 0.140 e. The third kappa shape index (κ3) is 2.87. The van der Waals surface area contributed by atoms with Crippen LogP contribution in [0.1, 0.15) is 44.6 Å². The Hall–Kier alpha value is -1.31. The Kier molecular flexibility index (Phi) is 3.82. The van der Waals surface area contributed by atoms with Gasteiger partial charge in [0.05, 0.1) is 6.61 Å². The summed E-state index contributed by atoms with van der Waals surface area (Å²) in [7, 11) is 0. The molecule has 0 amide bonds. The van der Waals surface area contributed by atoms with E-state index in [4.69, 9.17) is 4.74 Å². The zero-order valence-electron chi connectivity index (χ0n) is 10.6. The predicted molar refractivity (Wildman–Crippen MR) is 68.4 cm³/mol. The normalized spacial score (nSPS) is 24.7. The number of Topliss-reactive ketones (excluding diaryl/α,β-unsaturated/α-hetero) is 1. The van der Waals surface area contributed by atoms with Crippen LogP contribution >= 0.6 is 0 Å². The number of rotatable bonds is 3. The number of ether oxygens (including phenoxy) is 1. The molecule has 1 saturated carbocycles. The summed E-state index contributed by atoms with van der Waals surface area (Å²) in [5, 5.41) is 0. The summed E-state index contributed by atoms with van der Waals surface area (Å²) in [6.07, 6.45) is 2.88. The van der Waals surface area contributed by atoms with Crippen molar-refractivity contribution in [1.29, 1.82) is 0 Å². The number of carbonyl (C=O) groups excluding carboxylic acids is 1. The fourth-order valence-electron chi connectivity index (χ4n) is 2.52. The molecule has 92 valence electrons. The fourth-order valence-corrected chi connectivity index (χ4v) is 2.52. The molecule has 1 aromatic rings. The van der Waals surface area contributed by atoms with Crippen LogP contribution in [0.15, 0.2) is 24.3 Å². The first-order valence-corrected chi connectivity index (χ1v) is 6.46. The first kappa shape index (κ1) is 12.2. The first-order valence-electron chi connectivity index (χ1n) is 6.46. The molecule has 0 bridgehead atoms. The summed E-state index contributed by atoms with van der Waals surface area (Å²) >= 11 is 0. The van der Waals surface area contributed by atoms with Gasteiger partial charge in [-0.3, -0.25) is 4.79 Å². The van der Waals surface area contributed by atoms with Crippen LogP contribution in [0, 0.1) is 5.92 Å². The second-order valence-corrected chi connectivity index (χ2v) is 4.91. The van der Waals surface area contributed by atoms with Crippen molar-refractivity contribution in [2.75, 3.05) is 6.61 Å². The van der Waals surface area contributed by atoms with Gasteiger partial charge >= 0.3 is 0 Å². The molecule has 0 aliphatic heterocycles. The molecule has 2 unspecified atom stereocenters. The third-order valence-corrected chi connectivity index (χ3v) is 3.48. The molecule has 1 aliphatic carbocycles. The Bertz CT molecular complexity index is 380. The van der Waals surface area contributed by atoms with Crippen LogP contribution in [0.4, 0.5) is 0 Å². The molecule has 0 heterocycles. The molecule has 2 nitrogen and oxygen atoms in total. The second-order valence-electron chi connectivity index (χ2n) is 4.91. The van der Waals surface area contributed by atoms with Gasteiger partial charge in [-0.05, 0) is 43.4 Å². The van der Waals surface area contributed by atoms with Crippen molar-refractivity contribution in [3.63, 3.8) is 0 Å². The highest BCUT2D eigenvalue weighted by atomic mass is 16.5. The standard InChI is InChI=1S/C15H20O2/c1-3-17-13-7-5-12(6-8-13)14-9-4-11(2)10-15(14)16/h5-8,11,14H,3-4,9-10H2,1-2H3. The monoisotopic (exact) mass is 232 g/mol.